The lowest BCUT2D eigenvalue weighted by atomic mass is 9.94. The van der Waals surface area contributed by atoms with Gasteiger partial charge in [0.25, 0.3) is 5.91 Å². The van der Waals surface area contributed by atoms with Crippen molar-refractivity contribution in [1.29, 1.82) is 0 Å². The molecule has 1 aliphatic carbocycles. The standard InChI is InChI=1S/C17H21NO4/c1-11-4-2-6-13(8-11)22-10-15(19)18-9-12-5-3-7-14(12)16(18)17(20)21/h2,4,6,8,12,14,16H,3,5,7,9-10H2,1H3,(H,20,21). The lowest BCUT2D eigenvalue weighted by molar-refractivity contribution is -0.150. The van der Waals surface area contributed by atoms with Crippen LogP contribution < -0.4 is 4.74 Å². The lowest BCUT2D eigenvalue weighted by Crippen LogP contribution is -2.45. The van der Waals surface area contributed by atoms with Crippen LogP contribution in [0.2, 0.25) is 0 Å². The van der Waals surface area contributed by atoms with E-state index >= 15 is 0 Å². The molecular weight excluding hydrogens is 282 g/mol. The van der Waals surface area contributed by atoms with Gasteiger partial charge in [0.2, 0.25) is 0 Å². The molecule has 1 aromatic rings. The van der Waals surface area contributed by atoms with Gasteiger partial charge in [0.05, 0.1) is 0 Å². The summed E-state index contributed by atoms with van der Waals surface area (Å²) < 4.78 is 5.53. The third-order valence-corrected chi connectivity index (χ3v) is 4.82. The summed E-state index contributed by atoms with van der Waals surface area (Å²) in [5.74, 6) is -0.0364. The number of aliphatic carboxylic acids is 1. The predicted molar refractivity (Wildman–Crippen MR) is 80.6 cm³/mol. The second-order valence-corrected chi connectivity index (χ2v) is 6.29. The number of carbonyl (C=O) groups is 2. The molecule has 3 atom stereocenters. The van der Waals surface area contributed by atoms with Crippen LogP contribution in [0, 0.1) is 18.8 Å². The summed E-state index contributed by atoms with van der Waals surface area (Å²) in [4.78, 5) is 25.4. The van der Waals surface area contributed by atoms with Crippen molar-refractivity contribution in [2.24, 2.45) is 11.8 Å². The molecule has 1 saturated carbocycles. The molecule has 3 rings (SSSR count). The van der Waals surface area contributed by atoms with E-state index in [9.17, 15) is 14.7 Å². The van der Waals surface area contributed by atoms with Gasteiger partial charge in [-0.3, -0.25) is 4.79 Å². The highest BCUT2D eigenvalue weighted by atomic mass is 16.5. The average molecular weight is 303 g/mol. The number of aryl methyl sites for hydroxylation is 1. The number of carbonyl (C=O) groups excluding carboxylic acids is 1. The number of ether oxygens (including phenoxy) is 1. The van der Waals surface area contributed by atoms with Gasteiger partial charge in [-0.2, -0.15) is 0 Å². The number of hydrogen-bond acceptors (Lipinski definition) is 3. The molecule has 1 amide bonds. The Labute approximate surface area is 129 Å². The molecule has 1 heterocycles. The summed E-state index contributed by atoms with van der Waals surface area (Å²) in [7, 11) is 0. The molecule has 1 aromatic carbocycles. The molecule has 3 unspecified atom stereocenters. The first-order valence-electron chi connectivity index (χ1n) is 7.78. The van der Waals surface area contributed by atoms with Crippen LogP contribution in [0.1, 0.15) is 24.8 Å². The molecule has 5 heteroatoms. The Balaban J connectivity index is 1.65. The number of nitrogens with zero attached hydrogens (tertiary/aromatic N) is 1. The molecule has 0 bridgehead atoms. The Bertz CT molecular complexity index is 586. The molecule has 2 fully saturated rings. The summed E-state index contributed by atoms with van der Waals surface area (Å²) in [6.45, 7) is 2.40. The molecule has 5 nitrogen and oxygen atoms in total. The molecule has 22 heavy (non-hydrogen) atoms. The van der Waals surface area contributed by atoms with Crippen LogP contribution in [0.3, 0.4) is 0 Å². The van der Waals surface area contributed by atoms with Crippen molar-refractivity contribution < 1.29 is 19.4 Å². The van der Waals surface area contributed by atoms with E-state index in [-0.39, 0.29) is 18.4 Å². The number of fused-ring (bicyclic) bond motifs is 1. The van der Waals surface area contributed by atoms with Crippen molar-refractivity contribution in [3.63, 3.8) is 0 Å². The normalized spacial score (nSPS) is 26.8. The Morgan fingerprint density at radius 1 is 1.36 bits per heavy atom. The maximum atomic E-state index is 12.4. The van der Waals surface area contributed by atoms with Crippen molar-refractivity contribution in [2.75, 3.05) is 13.2 Å². The third-order valence-electron chi connectivity index (χ3n) is 4.82. The summed E-state index contributed by atoms with van der Waals surface area (Å²) in [6, 6.07) is 6.81. The molecule has 0 radical (unpaired) electrons. The van der Waals surface area contributed by atoms with Crippen LogP contribution in [-0.2, 0) is 9.59 Å². The van der Waals surface area contributed by atoms with Crippen molar-refractivity contribution in [1.82, 2.24) is 4.90 Å². The summed E-state index contributed by atoms with van der Waals surface area (Å²) in [5, 5.41) is 9.47. The largest absolute Gasteiger partial charge is 0.484 e. The minimum absolute atomic E-state index is 0.104. The smallest absolute Gasteiger partial charge is 0.326 e. The predicted octanol–water partition coefficient (Wildman–Crippen LogP) is 2.09. The maximum absolute atomic E-state index is 12.4. The van der Waals surface area contributed by atoms with E-state index in [0.717, 1.165) is 24.8 Å². The van der Waals surface area contributed by atoms with Crippen molar-refractivity contribution >= 4 is 11.9 Å². The van der Waals surface area contributed by atoms with Crippen molar-refractivity contribution in [3.05, 3.63) is 29.8 Å². The quantitative estimate of drug-likeness (QED) is 0.925. The molecule has 118 valence electrons. The van der Waals surface area contributed by atoms with Gasteiger partial charge in [-0.15, -0.1) is 0 Å². The first-order chi connectivity index (χ1) is 10.6. The van der Waals surface area contributed by atoms with Crippen LogP contribution in [-0.4, -0.2) is 41.1 Å². The zero-order chi connectivity index (χ0) is 15.7. The number of rotatable bonds is 4. The van der Waals surface area contributed by atoms with E-state index in [4.69, 9.17) is 4.74 Å². The first-order valence-corrected chi connectivity index (χ1v) is 7.78. The van der Waals surface area contributed by atoms with E-state index in [1.165, 1.54) is 4.90 Å². The molecule has 0 spiro atoms. The SMILES string of the molecule is Cc1cccc(OCC(=O)N2CC3CCCC3C2C(=O)O)c1. The lowest BCUT2D eigenvalue weighted by Gasteiger charge is -2.24. The highest BCUT2D eigenvalue weighted by molar-refractivity contribution is 5.85. The zero-order valence-electron chi connectivity index (χ0n) is 12.7. The molecular formula is C17H21NO4. The van der Waals surface area contributed by atoms with Gasteiger partial charge in [-0.25, -0.2) is 4.79 Å². The highest BCUT2D eigenvalue weighted by Gasteiger charge is 2.49. The average Bonchev–Trinajstić information content (AvgIpc) is 3.04. The van der Waals surface area contributed by atoms with E-state index < -0.39 is 12.0 Å². The van der Waals surface area contributed by atoms with E-state index in [0.29, 0.717) is 18.2 Å². The van der Waals surface area contributed by atoms with Crippen LogP contribution in [0.4, 0.5) is 0 Å². The fourth-order valence-corrected chi connectivity index (χ4v) is 3.81. The van der Waals surface area contributed by atoms with Crippen LogP contribution in [0.25, 0.3) is 0 Å². The van der Waals surface area contributed by atoms with Crippen LogP contribution in [0.5, 0.6) is 5.75 Å². The molecule has 1 aliphatic heterocycles. The zero-order valence-corrected chi connectivity index (χ0v) is 12.7. The van der Waals surface area contributed by atoms with Crippen LogP contribution >= 0.6 is 0 Å². The molecule has 1 saturated heterocycles. The molecule has 2 aliphatic rings. The fourth-order valence-electron chi connectivity index (χ4n) is 3.81. The van der Waals surface area contributed by atoms with Gasteiger partial charge in [-0.1, -0.05) is 18.6 Å². The van der Waals surface area contributed by atoms with Gasteiger partial charge in [0.15, 0.2) is 6.61 Å². The Kier molecular flexibility index (Phi) is 4.05. The minimum atomic E-state index is -0.890. The van der Waals surface area contributed by atoms with Gasteiger partial charge in [-0.05, 0) is 49.3 Å². The van der Waals surface area contributed by atoms with Gasteiger partial charge < -0.3 is 14.7 Å². The minimum Gasteiger partial charge on any atom is -0.484 e. The monoisotopic (exact) mass is 303 g/mol. The topological polar surface area (TPSA) is 66.8 Å². The van der Waals surface area contributed by atoms with Gasteiger partial charge in [0, 0.05) is 6.54 Å². The Morgan fingerprint density at radius 2 is 2.18 bits per heavy atom. The summed E-state index contributed by atoms with van der Waals surface area (Å²) in [5.41, 5.74) is 1.06. The first kappa shape index (κ1) is 14.9. The number of amides is 1. The fraction of sp³-hybridized carbons (Fsp3) is 0.529. The number of benzene rings is 1. The van der Waals surface area contributed by atoms with Crippen molar-refractivity contribution in [2.45, 2.75) is 32.2 Å². The number of likely N-dealkylation sites (tertiary alicyclic amines) is 1. The number of carboxylic acids is 1. The van der Waals surface area contributed by atoms with E-state index in [1.807, 2.05) is 25.1 Å². The highest BCUT2D eigenvalue weighted by Crippen LogP contribution is 2.42. The summed E-state index contributed by atoms with van der Waals surface area (Å²) >= 11 is 0. The van der Waals surface area contributed by atoms with Gasteiger partial charge >= 0.3 is 5.97 Å². The number of carboxylic acid groups (broad SMARTS) is 1. The Morgan fingerprint density at radius 3 is 2.91 bits per heavy atom. The summed E-state index contributed by atoms with van der Waals surface area (Å²) in [6.07, 6.45) is 3.00. The van der Waals surface area contributed by atoms with E-state index in [2.05, 4.69) is 0 Å². The molecule has 0 aromatic heterocycles. The van der Waals surface area contributed by atoms with Crippen molar-refractivity contribution in [3.8, 4) is 5.75 Å². The van der Waals surface area contributed by atoms with Crippen LogP contribution in [0.15, 0.2) is 24.3 Å². The van der Waals surface area contributed by atoms with E-state index in [1.54, 1.807) is 6.07 Å². The molecule has 1 N–H and O–H groups in total. The Hall–Kier alpha value is -2.04. The second-order valence-electron chi connectivity index (χ2n) is 6.29. The van der Waals surface area contributed by atoms with Gasteiger partial charge in [0.1, 0.15) is 11.8 Å². The third kappa shape index (κ3) is 2.80. The maximum Gasteiger partial charge on any atom is 0.326 e. The number of hydrogen-bond donors (Lipinski definition) is 1. The second kappa shape index (κ2) is 5.99.